The summed E-state index contributed by atoms with van der Waals surface area (Å²) in [6.07, 6.45) is 3.84. The molecule has 0 N–H and O–H groups in total. The Morgan fingerprint density at radius 2 is 1.68 bits per heavy atom. The van der Waals surface area contributed by atoms with Gasteiger partial charge in [-0.1, -0.05) is 17.7 Å². The van der Waals surface area contributed by atoms with Gasteiger partial charge in [0, 0.05) is 49.8 Å². The van der Waals surface area contributed by atoms with Crippen LogP contribution in [0.4, 0.5) is 4.39 Å². The number of carbonyl (C=O) groups is 1. The number of hydrogen-bond donors (Lipinski definition) is 0. The maximum absolute atomic E-state index is 13.4. The summed E-state index contributed by atoms with van der Waals surface area (Å²) in [5.74, 6) is -0.816. The Balaban J connectivity index is 1.48. The third-order valence-electron chi connectivity index (χ3n) is 5.39. The maximum atomic E-state index is 13.4. The standard InChI is InChI=1S/C22H21ClFN3O3S/c1-16-4-5-17(14-21(16)25-8-2-3-9-25)22(28)26-10-12-27(13-11-26)31(29,30)18-6-7-20(24)19(23)15-18/h2-9,14-15H,10-13H2,1H3. The smallest absolute Gasteiger partial charge is 0.254 e. The number of nitrogens with zero attached hydrogens (tertiary/aromatic N) is 3. The van der Waals surface area contributed by atoms with E-state index in [4.69, 9.17) is 11.6 Å². The van der Waals surface area contributed by atoms with Crippen LogP contribution in [0.5, 0.6) is 0 Å². The van der Waals surface area contributed by atoms with Gasteiger partial charge in [-0.15, -0.1) is 0 Å². The molecule has 162 valence electrons. The average molecular weight is 462 g/mol. The van der Waals surface area contributed by atoms with E-state index in [1.807, 2.05) is 48.1 Å². The zero-order valence-corrected chi connectivity index (χ0v) is 18.4. The van der Waals surface area contributed by atoms with Crippen LogP contribution < -0.4 is 0 Å². The predicted octanol–water partition coefficient (Wildman–Crippen LogP) is 3.72. The minimum atomic E-state index is -3.82. The Morgan fingerprint density at radius 1 is 1.00 bits per heavy atom. The molecule has 0 saturated carbocycles. The topological polar surface area (TPSA) is 62.6 Å². The zero-order valence-electron chi connectivity index (χ0n) is 16.8. The fraction of sp³-hybridized carbons (Fsp3) is 0.227. The molecule has 0 atom stereocenters. The van der Waals surface area contributed by atoms with Crippen LogP contribution in [-0.4, -0.2) is 54.3 Å². The summed E-state index contributed by atoms with van der Waals surface area (Å²) in [4.78, 5) is 14.6. The number of aromatic nitrogens is 1. The van der Waals surface area contributed by atoms with E-state index < -0.39 is 15.8 Å². The molecule has 0 radical (unpaired) electrons. The van der Waals surface area contributed by atoms with Crippen LogP contribution in [0.15, 0.2) is 65.8 Å². The molecule has 1 amide bonds. The first kappa shape index (κ1) is 21.5. The summed E-state index contributed by atoms with van der Waals surface area (Å²) >= 11 is 5.74. The quantitative estimate of drug-likeness (QED) is 0.594. The molecule has 1 aromatic heterocycles. The maximum Gasteiger partial charge on any atom is 0.254 e. The number of carbonyl (C=O) groups excluding carboxylic acids is 1. The highest BCUT2D eigenvalue weighted by Crippen LogP contribution is 2.24. The second-order valence-corrected chi connectivity index (χ2v) is 9.71. The molecule has 9 heteroatoms. The van der Waals surface area contributed by atoms with Crippen molar-refractivity contribution < 1.29 is 17.6 Å². The van der Waals surface area contributed by atoms with Gasteiger partial charge in [-0.25, -0.2) is 12.8 Å². The highest BCUT2D eigenvalue weighted by atomic mass is 35.5. The number of sulfonamides is 1. The molecule has 2 aromatic carbocycles. The first-order valence-corrected chi connectivity index (χ1v) is 11.6. The molecular formula is C22H21ClFN3O3S. The van der Waals surface area contributed by atoms with E-state index in [2.05, 4.69) is 0 Å². The fourth-order valence-electron chi connectivity index (χ4n) is 3.62. The second kappa shape index (κ2) is 8.45. The molecule has 0 bridgehead atoms. The summed E-state index contributed by atoms with van der Waals surface area (Å²) < 4.78 is 42.3. The number of rotatable bonds is 4. The van der Waals surface area contributed by atoms with E-state index in [1.54, 1.807) is 11.0 Å². The van der Waals surface area contributed by atoms with Crippen molar-refractivity contribution >= 4 is 27.5 Å². The van der Waals surface area contributed by atoms with E-state index in [-0.39, 0.29) is 42.0 Å². The number of amides is 1. The fourth-order valence-corrected chi connectivity index (χ4v) is 5.31. The highest BCUT2D eigenvalue weighted by molar-refractivity contribution is 7.89. The van der Waals surface area contributed by atoms with Crippen molar-refractivity contribution in [2.45, 2.75) is 11.8 Å². The lowest BCUT2D eigenvalue weighted by molar-refractivity contribution is 0.0698. The monoisotopic (exact) mass is 461 g/mol. The van der Waals surface area contributed by atoms with Crippen molar-refractivity contribution in [3.8, 4) is 5.69 Å². The third kappa shape index (κ3) is 4.23. The third-order valence-corrected chi connectivity index (χ3v) is 7.58. The lowest BCUT2D eigenvalue weighted by atomic mass is 10.1. The lowest BCUT2D eigenvalue weighted by Crippen LogP contribution is -2.50. The van der Waals surface area contributed by atoms with Crippen molar-refractivity contribution in [2.24, 2.45) is 0 Å². The summed E-state index contributed by atoms with van der Waals surface area (Å²) in [5, 5.41) is -0.243. The van der Waals surface area contributed by atoms with Crippen LogP contribution in [-0.2, 0) is 10.0 Å². The van der Waals surface area contributed by atoms with Gasteiger partial charge in [-0.3, -0.25) is 4.79 Å². The normalized spacial score (nSPS) is 15.3. The van der Waals surface area contributed by atoms with Crippen molar-refractivity contribution in [3.63, 3.8) is 0 Å². The van der Waals surface area contributed by atoms with Gasteiger partial charge >= 0.3 is 0 Å². The molecular weight excluding hydrogens is 441 g/mol. The average Bonchev–Trinajstić information content (AvgIpc) is 3.30. The summed E-state index contributed by atoms with van der Waals surface area (Å²) in [6, 6.07) is 12.7. The van der Waals surface area contributed by atoms with Crippen molar-refractivity contribution in [3.05, 3.63) is 82.9 Å². The lowest BCUT2D eigenvalue weighted by Gasteiger charge is -2.34. The van der Waals surface area contributed by atoms with E-state index in [0.717, 1.165) is 23.4 Å². The minimum Gasteiger partial charge on any atom is -0.336 e. The molecule has 0 spiro atoms. The SMILES string of the molecule is Cc1ccc(C(=O)N2CCN(S(=O)(=O)c3ccc(F)c(Cl)c3)CC2)cc1-n1cccc1. The Labute approximate surface area is 185 Å². The van der Waals surface area contributed by atoms with Gasteiger partial charge in [0.2, 0.25) is 10.0 Å². The van der Waals surface area contributed by atoms with Gasteiger partial charge in [0.1, 0.15) is 5.82 Å². The number of halogens is 2. The minimum absolute atomic E-state index is 0.0615. The first-order valence-electron chi connectivity index (χ1n) is 9.76. The highest BCUT2D eigenvalue weighted by Gasteiger charge is 2.31. The van der Waals surface area contributed by atoms with Gasteiger partial charge in [0.05, 0.1) is 9.92 Å². The Morgan fingerprint density at radius 3 is 2.32 bits per heavy atom. The van der Waals surface area contributed by atoms with Gasteiger partial charge in [0.15, 0.2) is 0 Å². The number of piperazine rings is 1. The van der Waals surface area contributed by atoms with Crippen LogP contribution >= 0.6 is 11.6 Å². The molecule has 0 unspecified atom stereocenters. The summed E-state index contributed by atoms with van der Waals surface area (Å²) in [7, 11) is -3.82. The van der Waals surface area contributed by atoms with Gasteiger partial charge in [-0.05, 0) is 55.0 Å². The molecule has 6 nitrogen and oxygen atoms in total. The van der Waals surface area contributed by atoms with E-state index in [9.17, 15) is 17.6 Å². The number of hydrogen-bond acceptors (Lipinski definition) is 3. The van der Waals surface area contributed by atoms with Crippen molar-refractivity contribution in [1.82, 2.24) is 13.8 Å². The summed E-state index contributed by atoms with van der Waals surface area (Å²) in [6.45, 7) is 2.81. The second-order valence-electron chi connectivity index (χ2n) is 7.36. The van der Waals surface area contributed by atoms with E-state index >= 15 is 0 Å². The van der Waals surface area contributed by atoms with Crippen LogP contribution in [0.2, 0.25) is 5.02 Å². The Hall–Kier alpha value is -2.68. The van der Waals surface area contributed by atoms with Gasteiger partial charge in [0.25, 0.3) is 5.91 Å². The van der Waals surface area contributed by atoms with Gasteiger partial charge < -0.3 is 9.47 Å². The molecule has 1 fully saturated rings. The molecule has 1 aliphatic rings. The van der Waals surface area contributed by atoms with E-state index in [0.29, 0.717) is 5.56 Å². The molecule has 3 aromatic rings. The predicted molar refractivity (Wildman–Crippen MR) is 117 cm³/mol. The van der Waals surface area contributed by atoms with Crippen molar-refractivity contribution in [1.29, 1.82) is 0 Å². The zero-order chi connectivity index (χ0) is 22.2. The van der Waals surface area contributed by atoms with Crippen LogP contribution in [0.3, 0.4) is 0 Å². The van der Waals surface area contributed by atoms with Crippen LogP contribution in [0.25, 0.3) is 5.69 Å². The largest absolute Gasteiger partial charge is 0.336 e. The molecule has 1 aliphatic heterocycles. The molecule has 2 heterocycles. The summed E-state index contributed by atoms with van der Waals surface area (Å²) in [5.41, 5.74) is 2.52. The number of benzene rings is 2. The van der Waals surface area contributed by atoms with E-state index in [1.165, 1.54) is 10.4 Å². The van der Waals surface area contributed by atoms with Crippen LogP contribution in [0.1, 0.15) is 15.9 Å². The van der Waals surface area contributed by atoms with Crippen LogP contribution in [0, 0.1) is 12.7 Å². The van der Waals surface area contributed by atoms with Crippen molar-refractivity contribution in [2.75, 3.05) is 26.2 Å². The molecule has 31 heavy (non-hydrogen) atoms. The molecule has 4 rings (SSSR count). The van der Waals surface area contributed by atoms with Gasteiger partial charge in [-0.2, -0.15) is 4.31 Å². The first-order chi connectivity index (χ1) is 14.8. The Kier molecular flexibility index (Phi) is 5.88. The number of aryl methyl sites for hydroxylation is 1. The molecule has 1 saturated heterocycles. The molecule has 0 aliphatic carbocycles. The Bertz CT molecular complexity index is 1220.